The normalized spacial score (nSPS) is 15.9. The van der Waals surface area contributed by atoms with E-state index < -0.39 is 0 Å². The molecule has 0 radical (unpaired) electrons. The number of hydrogen-bond acceptors (Lipinski definition) is 6. The van der Waals surface area contributed by atoms with Crippen LogP contribution in [0.15, 0.2) is 57.5 Å². The molecular formula is C21H19BrN2O4. The van der Waals surface area contributed by atoms with Gasteiger partial charge in [0, 0.05) is 23.2 Å². The second-order valence-corrected chi connectivity index (χ2v) is 7.61. The fourth-order valence-electron chi connectivity index (χ4n) is 3.52. The summed E-state index contributed by atoms with van der Waals surface area (Å²) < 4.78 is 17.1. The molecule has 3 aromatic rings. The number of benzene rings is 2. The van der Waals surface area contributed by atoms with Crippen LogP contribution in [-0.4, -0.2) is 36.4 Å². The van der Waals surface area contributed by atoms with Crippen molar-refractivity contribution in [3.05, 3.63) is 70.0 Å². The SMILES string of the molecule is COC(=O)c1ccc(-c2noc(C3(c4ccc(Br)cc4)CCOCC3)n2)cc1. The monoisotopic (exact) mass is 442 g/mol. The van der Waals surface area contributed by atoms with Crippen LogP contribution in [0.5, 0.6) is 0 Å². The molecule has 4 rings (SSSR count). The molecule has 2 heterocycles. The number of aromatic nitrogens is 2. The molecule has 144 valence electrons. The third-order valence-corrected chi connectivity index (χ3v) is 5.67. The Morgan fingerprint density at radius 2 is 1.75 bits per heavy atom. The molecule has 28 heavy (non-hydrogen) atoms. The lowest BCUT2D eigenvalue weighted by Crippen LogP contribution is -2.35. The summed E-state index contributed by atoms with van der Waals surface area (Å²) in [5.41, 5.74) is 2.03. The summed E-state index contributed by atoms with van der Waals surface area (Å²) in [7, 11) is 1.36. The van der Waals surface area contributed by atoms with Gasteiger partial charge in [0.1, 0.15) is 0 Å². The first-order valence-electron chi connectivity index (χ1n) is 8.99. The number of halogens is 1. The van der Waals surface area contributed by atoms with Gasteiger partial charge >= 0.3 is 5.97 Å². The van der Waals surface area contributed by atoms with Gasteiger partial charge in [0.25, 0.3) is 0 Å². The molecular weight excluding hydrogens is 424 g/mol. The van der Waals surface area contributed by atoms with Gasteiger partial charge in [0.05, 0.1) is 18.1 Å². The summed E-state index contributed by atoms with van der Waals surface area (Å²) in [6.07, 6.45) is 1.55. The Morgan fingerprint density at radius 1 is 1.07 bits per heavy atom. The molecule has 7 heteroatoms. The Bertz CT molecular complexity index is 961. The van der Waals surface area contributed by atoms with E-state index in [-0.39, 0.29) is 11.4 Å². The van der Waals surface area contributed by atoms with Gasteiger partial charge < -0.3 is 14.0 Å². The number of carbonyl (C=O) groups excluding carboxylic acids is 1. The molecule has 1 saturated heterocycles. The summed E-state index contributed by atoms with van der Waals surface area (Å²) in [5, 5.41) is 4.19. The molecule has 1 fully saturated rings. The fourth-order valence-corrected chi connectivity index (χ4v) is 3.79. The predicted octanol–water partition coefficient (Wildman–Crippen LogP) is 4.38. The molecule has 6 nitrogen and oxygen atoms in total. The zero-order valence-corrected chi connectivity index (χ0v) is 16.9. The Labute approximate surface area is 171 Å². The Kier molecular flexibility index (Phi) is 5.28. The van der Waals surface area contributed by atoms with Gasteiger partial charge in [-0.2, -0.15) is 4.98 Å². The van der Waals surface area contributed by atoms with Crippen LogP contribution >= 0.6 is 15.9 Å². The number of carbonyl (C=O) groups is 1. The van der Waals surface area contributed by atoms with Crippen molar-refractivity contribution in [1.29, 1.82) is 0 Å². The number of esters is 1. The Hall–Kier alpha value is -2.51. The van der Waals surface area contributed by atoms with Crippen LogP contribution in [0, 0.1) is 0 Å². The van der Waals surface area contributed by atoms with Crippen molar-refractivity contribution in [2.45, 2.75) is 18.3 Å². The fraction of sp³-hybridized carbons (Fsp3) is 0.286. The average Bonchev–Trinajstić information content (AvgIpc) is 3.25. The van der Waals surface area contributed by atoms with Crippen LogP contribution in [0.2, 0.25) is 0 Å². The second kappa shape index (κ2) is 7.85. The van der Waals surface area contributed by atoms with Gasteiger partial charge in [-0.3, -0.25) is 0 Å². The zero-order valence-electron chi connectivity index (χ0n) is 15.4. The van der Waals surface area contributed by atoms with Gasteiger partial charge in [-0.05, 0) is 42.7 Å². The van der Waals surface area contributed by atoms with E-state index in [4.69, 9.17) is 19.0 Å². The van der Waals surface area contributed by atoms with Crippen molar-refractivity contribution in [3.63, 3.8) is 0 Å². The van der Waals surface area contributed by atoms with Crippen LogP contribution in [-0.2, 0) is 14.9 Å². The van der Waals surface area contributed by atoms with Crippen LogP contribution in [0.3, 0.4) is 0 Å². The molecule has 2 aromatic carbocycles. The molecule has 1 aliphatic rings. The number of rotatable bonds is 4. The van der Waals surface area contributed by atoms with Crippen molar-refractivity contribution >= 4 is 21.9 Å². The summed E-state index contributed by atoms with van der Waals surface area (Å²) in [6, 6.07) is 15.2. The topological polar surface area (TPSA) is 74.5 Å². The minimum Gasteiger partial charge on any atom is -0.465 e. The highest BCUT2D eigenvalue weighted by Crippen LogP contribution is 2.41. The number of hydrogen-bond donors (Lipinski definition) is 0. The van der Waals surface area contributed by atoms with Crippen molar-refractivity contribution in [2.75, 3.05) is 20.3 Å². The summed E-state index contributed by atoms with van der Waals surface area (Å²) in [6.45, 7) is 1.28. The molecule has 1 aromatic heterocycles. The highest BCUT2D eigenvalue weighted by atomic mass is 79.9. The van der Waals surface area contributed by atoms with E-state index in [1.54, 1.807) is 24.3 Å². The number of methoxy groups -OCH3 is 1. The van der Waals surface area contributed by atoms with Crippen LogP contribution < -0.4 is 0 Å². The maximum absolute atomic E-state index is 11.6. The maximum Gasteiger partial charge on any atom is 0.337 e. The largest absolute Gasteiger partial charge is 0.465 e. The van der Waals surface area contributed by atoms with Gasteiger partial charge in [-0.1, -0.05) is 45.4 Å². The summed E-state index contributed by atoms with van der Waals surface area (Å²) >= 11 is 3.49. The van der Waals surface area contributed by atoms with Crippen LogP contribution in [0.1, 0.15) is 34.7 Å². The first kappa shape index (κ1) is 18.8. The van der Waals surface area contributed by atoms with E-state index in [1.807, 2.05) is 12.1 Å². The summed E-state index contributed by atoms with van der Waals surface area (Å²) in [4.78, 5) is 16.3. The molecule has 0 aliphatic carbocycles. The Morgan fingerprint density at radius 3 is 2.39 bits per heavy atom. The van der Waals surface area contributed by atoms with Crippen molar-refractivity contribution in [3.8, 4) is 11.4 Å². The van der Waals surface area contributed by atoms with Crippen LogP contribution in [0.4, 0.5) is 0 Å². The number of nitrogens with zero attached hydrogens (tertiary/aromatic N) is 2. The average molecular weight is 443 g/mol. The van der Waals surface area contributed by atoms with Gasteiger partial charge in [0.15, 0.2) is 0 Å². The lowest BCUT2D eigenvalue weighted by atomic mass is 9.74. The van der Waals surface area contributed by atoms with E-state index in [0.29, 0.717) is 30.5 Å². The predicted molar refractivity (Wildman–Crippen MR) is 106 cm³/mol. The number of ether oxygens (including phenoxy) is 2. The van der Waals surface area contributed by atoms with Crippen molar-refractivity contribution in [1.82, 2.24) is 10.1 Å². The second-order valence-electron chi connectivity index (χ2n) is 6.69. The molecule has 0 atom stereocenters. The third-order valence-electron chi connectivity index (χ3n) is 5.14. The first-order valence-corrected chi connectivity index (χ1v) is 9.78. The molecule has 0 spiro atoms. The highest BCUT2D eigenvalue weighted by molar-refractivity contribution is 9.10. The third kappa shape index (κ3) is 3.47. The van der Waals surface area contributed by atoms with Crippen molar-refractivity contribution in [2.24, 2.45) is 0 Å². The molecule has 0 unspecified atom stereocenters. The van der Waals surface area contributed by atoms with Crippen LogP contribution in [0.25, 0.3) is 11.4 Å². The Balaban J connectivity index is 1.69. The van der Waals surface area contributed by atoms with E-state index in [9.17, 15) is 4.79 Å². The lowest BCUT2D eigenvalue weighted by Gasteiger charge is -2.34. The molecule has 0 bridgehead atoms. The minimum absolute atomic E-state index is 0.365. The molecule has 0 N–H and O–H groups in total. The highest BCUT2D eigenvalue weighted by Gasteiger charge is 2.41. The molecule has 0 amide bonds. The standard InChI is InChI=1S/C21H19BrN2O4/c1-26-19(25)15-4-2-14(3-5-15)18-23-20(28-24-18)21(10-12-27-13-11-21)16-6-8-17(22)9-7-16/h2-9H,10-13H2,1H3. The first-order chi connectivity index (χ1) is 13.6. The van der Waals surface area contributed by atoms with Gasteiger partial charge in [0.2, 0.25) is 11.7 Å². The molecule has 1 aliphatic heterocycles. The van der Waals surface area contributed by atoms with Gasteiger partial charge in [-0.15, -0.1) is 0 Å². The zero-order chi connectivity index (χ0) is 19.6. The van der Waals surface area contributed by atoms with Gasteiger partial charge in [-0.25, -0.2) is 4.79 Å². The smallest absolute Gasteiger partial charge is 0.337 e. The lowest BCUT2D eigenvalue weighted by molar-refractivity contribution is 0.0523. The van der Waals surface area contributed by atoms with Crippen molar-refractivity contribution < 1.29 is 18.8 Å². The summed E-state index contributed by atoms with van der Waals surface area (Å²) in [5.74, 6) is 0.705. The minimum atomic E-state index is -0.378. The molecule has 0 saturated carbocycles. The van der Waals surface area contributed by atoms with E-state index in [2.05, 4.69) is 33.2 Å². The quantitative estimate of drug-likeness (QED) is 0.558. The van der Waals surface area contributed by atoms with E-state index in [1.165, 1.54) is 7.11 Å². The van der Waals surface area contributed by atoms with E-state index in [0.717, 1.165) is 28.4 Å². The maximum atomic E-state index is 11.6. The van der Waals surface area contributed by atoms with E-state index >= 15 is 0 Å².